The number of nitrogens with zero attached hydrogens (tertiary/aromatic N) is 1. The van der Waals surface area contributed by atoms with Gasteiger partial charge in [0, 0.05) is 18.3 Å². The van der Waals surface area contributed by atoms with E-state index >= 15 is 0 Å². The van der Waals surface area contributed by atoms with Crippen LogP contribution in [0.25, 0.3) is 0 Å². The van der Waals surface area contributed by atoms with E-state index < -0.39 is 0 Å². The summed E-state index contributed by atoms with van der Waals surface area (Å²) in [6.45, 7) is 5.76. The summed E-state index contributed by atoms with van der Waals surface area (Å²) in [6.07, 6.45) is 3.50. The molecule has 2 rings (SSSR count). The van der Waals surface area contributed by atoms with E-state index in [4.69, 9.17) is 9.47 Å². The lowest BCUT2D eigenvalue weighted by Gasteiger charge is -2.13. The number of rotatable bonds is 6. The van der Waals surface area contributed by atoms with Gasteiger partial charge in [0.1, 0.15) is 5.75 Å². The molecule has 1 aromatic heterocycles. The Kier molecular flexibility index (Phi) is 4.96. The highest BCUT2D eigenvalue weighted by atomic mass is 16.5. The number of ether oxygens (including phenoxy) is 2. The van der Waals surface area contributed by atoms with Crippen molar-refractivity contribution in [1.82, 2.24) is 10.3 Å². The predicted octanol–water partition coefficient (Wildman–Crippen LogP) is 3.30. The molecule has 4 nitrogen and oxygen atoms in total. The molecule has 0 atom stereocenters. The maximum absolute atomic E-state index is 5.96. The highest BCUT2D eigenvalue weighted by Gasteiger charge is 2.09. The van der Waals surface area contributed by atoms with Crippen molar-refractivity contribution in [3.8, 4) is 17.2 Å². The zero-order chi connectivity index (χ0) is 14.4. The van der Waals surface area contributed by atoms with Crippen molar-refractivity contribution in [1.29, 1.82) is 0 Å². The van der Waals surface area contributed by atoms with Crippen molar-refractivity contribution >= 4 is 0 Å². The van der Waals surface area contributed by atoms with E-state index in [9.17, 15) is 0 Å². The Morgan fingerprint density at radius 3 is 2.75 bits per heavy atom. The molecule has 0 aliphatic rings. The average Bonchev–Trinajstić information content (AvgIpc) is 2.48. The minimum Gasteiger partial charge on any atom is -0.493 e. The highest BCUT2D eigenvalue weighted by Crippen LogP contribution is 2.33. The molecule has 1 heterocycles. The molecular weight excluding hydrogens is 252 g/mol. The van der Waals surface area contributed by atoms with E-state index in [0.717, 1.165) is 35.7 Å². The molecule has 0 bridgehead atoms. The van der Waals surface area contributed by atoms with Gasteiger partial charge < -0.3 is 14.8 Å². The summed E-state index contributed by atoms with van der Waals surface area (Å²) >= 11 is 0. The summed E-state index contributed by atoms with van der Waals surface area (Å²) in [5, 5.41) is 3.29. The lowest BCUT2D eigenvalue weighted by atomic mass is 10.2. The van der Waals surface area contributed by atoms with E-state index in [1.807, 2.05) is 31.2 Å². The van der Waals surface area contributed by atoms with Gasteiger partial charge in [-0.15, -0.1) is 0 Å². The van der Waals surface area contributed by atoms with Crippen LogP contribution in [0.3, 0.4) is 0 Å². The fraction of sp³-hybridized carbons (Fsp3) is 0.312. The summed E-state index contributed by atoms with van der Waals surface area (Å²) in [7, 11) is 1.64. The molecule has 1 N–H and O–H groups in total. The molecule has 0 radical (unpaired) electrons. The molecule has 1 aromatic carbocycles. The van der Waals surface area contributed by atoms with E-state index in [-0.39, 0.29) is 0 Å². The molecule has 0 amide bonds. The second kappa shape index (κ2) is 6.91. The van der Waals surface area contributed by atoms with E-state index in [1.54, 1.807) is 19.5 Å². The Labute approximate surface area is 119 Å². The Balaban J connectivity index is 2.25. The summed E-state index contributed by atoms with van der Waals surface area (Å²) in [5.74, 6) is 2.17. The molecule has 20 heavy (non-hydrogen) atoms. The highest BCUT2D eigenvalue weighted by molar-refractivity contribution is 5.46. The molecule has 0 spiro atoms. The van der Waals surface area contributed by atoms with Gasteiger partial charge >= 0.3 is 0 Å². The van der Waals surface area contributed by atoms with Gasteiger partial charge in [-0.05, 0) is 37.2 Å². The number of aryl methyl sites for hydroxylation is 1. The Morgan fingerprint density at radius 1 is 1.15 bits per heavy atom. The van der Waals surface area contributed by atoms with Gasteiger partial charge in [0.15, 0.2) is 11.5 Å². The second-order valence-electron chi connectivity index (χ2n) is 4.52. The van der Waals surface area contributed by atoms with Crippen LogP contribution in [-0.4, -0.2) is 18.6 Å². The zero-order valence-electron chi connectivity index (χ0n) is 12.1. The van der Waals surface area contributed by atoms with Crippen LogP contribution in [0.1, 0.15) is 18.1 Å². The number of methoxy groups -OCH3 is 1. The van der Waals surface area contributed by atoms with Crippen LogP contribution in [0.5, 0.6) is 17.2 Å². The lowest BCUT2D eigenvalue weighted by molar-refractivity contribution is 0.376. The van der Waals surface area contributed by atoms with Gasteiger partial charge in [0.05, 0.1) is 13.3 Å². The van der Waals surface area contributed by atoms with Crippen LogP contribution in [0, 0.1) is 6.92 Å². The minimum atomic E-state index is 0.698. The van der Waals surface area contributed by atoms with E-state index in [0.29, 0.717) is 5.75 Å². The van der Waals surface area contributed by atoms with E-state index in [1.165, 1.54) is 0 Å². The zero-order valence-corrected chi connectivity index (χ0v) is 12.1. The third kappa shape index (κ3) is 3.48. The first-order valence-corrected chi connectivity index (χ1v) is 6.70. The Hall–Kier alpha value is -2.07. The van der Waals surface area contributed by atoms with Crippen molar-refractivity contribution in [3.05, 3.63) is 47.8 Å². The van der Waals surface area contributed by atoms with Crippen molar-refractivity contribution < 1.29 is 9.47 Å². The summed E-state index contributed by atoms with van der Waals surface area (Å²) < 4.78 is 11.3. The number of nitrogens with one attached hydrogen (secondary N) is 1. The predicted molar refractivity (Wildman–Crippen MR) is 79.4 cm³/mol. The van der Waals surface area contributed by atoms with Gasteiger partial charge in [-0.2, -0.15) is 0 Å². The van der Waals surface area contributed by atoms with Crippen LogP contribution in [-0.2, 0) is 6.54 Å². The summed E-state index contributed by atoms with van der Waals surface area (Å²) in [6, 6.07) is 7.82. The topological polar surface area (TPSA) is 43.4 Å². The SMILES string of the molecule is CCNCc1ccncc1Oc1ccc(C)cc1OC. The molecular formula is C16H20N2O2. The fourth-order valence-electron chi connectivity index (χ4n) is 1.88. The van der Waals surface area contributed by atoms with Crippen LogP contribution in [0.15, 0.2) is 36.7 Å². The molecule has 0 aliphatic carbocycles. The molecule has 0 unspecified atom stereocenters. The number of aromatic nitrogens is 1. The van der Waals surface area contributed by atoms with Crippen molar-refractivity contribution in [2.45, 2.75) is 20.4 Å². The van der Waals surface area contributed by atoms with E-state index in [2.05, 4.69) is 17.2 Å². The van der Waals surface area contributed by atoms with Crippen LogP contribution < -0.4 is 14.8 Å². The van der Waals surface area contributed by atoms with Gasteiger partial charge in [0.25, 0.3) is 0 Å². The van der Waals surface area contributed by atoms with Crippen molar-refractivity contribution in [2.75, 3.05) is 13.7 Å². The minimum absolute atomic E-state index is 0.698. The first kappa shape index (κ1) is 14.3. The number of hydrogen-bond donors (Lipinski definition) is 1. The lowest BCUT2D eigenvalue weighted by Crippen LogP contribution is -2.12. The number of benzene rings is 1. The fourth-order valence-corrected chi connectivity index (χ4v) is 1.88. The molecule has 2 aromatic rings. The summed E-state index contributed by atoms with van der Waals surface area (Å²) in [4.78, 5) is 4.13. The normalized spacial score (nSPS) is 10.3. The molecule has 0 saturated heterocycles. The number of hydrogen-bond acceptors (Lipinski definition) is 4. The smallest absolute Gasteiger partial charge is 0.169 e. The van der Waals surface area contributed by atoms with Gasteiger partial charge in [-0.3, -0.25) is 4.98 Å². The average molecular weight is 272 g/mol. The monoisotopic (exact) mass is 272 g/mol. The molecule has 0 aliphatic heterocycles. The van der Waals surface area contributed by atoms with Crippen LogP contribution in [0.2, 0.25) is 0 Å². The first-order chi connectivity index (χ1) is 9.74. The third-order valence-electron chi connectivity index (χ3n) is 2.97. The molecule has 106 valence electrons. The summed E-state index contributed by atoms with van der Waals surface area (Å²) in [5.41, 5.74) is 2.21. The second-order valence-corrected chi connectivity index (χ2v) is 4.52. The van der Waals surface area contributed by atoms with Crippen molar-refractivity contribution in [3.63, 3.8) is 0 Å². The van der Waals surface area contributed by atoms with Crippen LogP contribution >= 0.6 is 0 Å². The maximum Gasteiger partial charge on any atom is 0.169 e. The standard InChI is InChI=1S/C16H20N2O2/c1-4-17-10-13-7-8-18-11-16(13)20-14-6-5-12(2)9-15(14)19-3/h5-9,11,17H,4,10H2,1-3H3. The largest absolute Gasteiger partial charge is 0.493 e. The third-order valence-corrected chi connectivity index (χ3v) is 2.97. The Morgan fingerprint density at radius 2 is 2.00 bits per heavy atom. The van der Waals surface area contributed by atoms with Gasteiger partial charge in [-0.1, -0.05) is 13.0 Å². The molecule has 0 fully saturated rings. The van der Waals surface area contributed by atoms with Gasteiger partial charge in [0.2, 0.25) is 0 Å². The quantitative estimate of drug-likeness (QED) is 0.876. The van der Waals surface area contributed by atoms with Crippen molar-refractivity contribution in [2.24, 2.45) is 0 Å². The van der Waals surface area contributed by atoms with Gasteiger partial charge in [-0.25, -0.2) is 0 Å². The van der Waals surface area contributed by atoms with Crippen LogP contribution in [0.4, 0.5) is 0 Å². The Bertz CT molecular complexity index is 570. The maximum atomic E-state index is 5.96. The first-order valence-electron chi connectivity index (χ1n) is 6.70. The number of pyridine rings is 1. The molecule has 0 saturated carbocycles. The molecule has 4 heteroatoms.